The molecular formula is C22H20O2. The molecule has 2 nitrogen and oxygen atoms in total. The number of hydrogen-bond donors (Lipinski definition) is 0. The smallest absolute Gasteiger partial charge is 0.333 e. The quantitative estimate of drug-likeness (QED) is 0.487. The standard InChI is InChI=1S/C22H20O2/c1-24-22(23)21(14-11-17-7-3-2-4-8-17)16-18-12-13-19-9-5-6-10-20(19)15-18/h2-10,12-13,15-16H,11,14H2,1H3. The molecule has 0 aliphatic rings. The molecule has 0 bridgehead atoms. The Morgan fingerprint density at radius 1 is 0.917 bits per heavy atom. The fraction of sp³-hybridized carbons (Fsp3) is 0.136. The average Bonchev–Trinajstić information content (AvgIpc) is 2.65. The molecule has 2 heteroatoms. The normalized spacial score (nSPS) is 11.5. The molecule has 0 N–H and O–H groups in total. The zero-order chi connectivity index (χ0) is 16.8. The lowest BCUT2D eigenvalue weighted by Gasteiger charge is -2.07. The van der Waals surface area contributed by atoms with Crippen molar-refractivity contribution >= 4 is 22.8 Å². The Morgan fingerprint density at radius 2 is 1.62 bits per heavy atom. The highest BCUT2D eigenvalue weighted by Crippen LogP contribution is 2.20. The van der Waals surface area contributed by atoms with Gasteiger partial charge in [0, 0.05) is 5.57 Å². The van der Waals surface area contributed by atoms with Crippen molar-refractivity contribution in [2.45, 2.75) is 12.8 Å². The van der Waals surface area contributed by atoms with Crippen LogP contribution in [0.25, 0.3) is 16.8 Å². The average molecular weight is 316 g/mol. The molecule has 3 aromatic rings. The van der Waals surface area contributed by atoms with Gasteiger partial charge in [-0.1, -0.05) is 66.7 Å². The summed E-state index contributed by atoms with van der Waals surface area (Å²) in [4.78, 5) is 12.1. The van der Waals surface area contributed by atoms with Crippen molar-refractivity contribution in [2.75, 3.05) is 7.11 Å². The number of benzene rings is 3. The van der Waals surface area contributed by atoms with Gasteiger partial charge in [-0.15, -0.1) is 0 Å². The summed E-state index contributed by atoms with van der Waals surface area (Å²) in [5, 5.41) is 2.36. The van der Waals surface area contributed by atoms with Crippen molar-refractivity contribution in [1.29, 1.82) is 0 Å². The van der Waals surface area contributed by atoms with Gasteiger partial charge in [-0.3, -0.25) is 0 Å². The number of rotatable bonds is 5. The van der Waals surface area contributed by atoms with Gasteiger partial charge < -0.3 is 4.74 Å². The maximum Gasteiger partial charge on any atom is 0.333 e. The third kappa shape index (κ3) is 3.90. The molecule has 0 saturated carbocycles. The first-order valence-electron chi connectivity index (χ1n) is 8.08. The SMILES string of the molecule is COC(=O)C(=Cc1ccc2ccccc2c1)CCc1ccccc1. The van der Waals surface area contributed by atoms with Crippen LogP contribution in [0.15, 0.2) is 78.4 Å². The molecule has 3 aromatic carbocycles. The predicted molar refractivity (Wildman–Crippen MR) is 98.7 cm³/mol. The minimum atomic E-state index is -0.265. The highest BCUT2D eigenvalue weighted by molar-refractivity contribution is 5.94. The Balaban J connectivity index is 1.86. The number of carbonyl (C=O) groups excluding carboxylic acids is 1. The molecule has 0 atom stereocenters. The van der Waals surface area contributed by atoms with Gasteiger partial charge in [0.1, 0.15) is 0 Å². The Bertz CT molecular complexity index is 863. The van der Waals surface area contributed by atoms with Crippen LogP contribution in [0, 0.1) is 0 Å². The lowest BCUT2D eigenvalue weighted by atomic mass is 10.0. The molecule has 0 unspecified atom stereocenters. The minimum Gasteiger partial charge on any atom is -0.466 e. The molecule has 0 aliphatic heterocycles. The molecule has 0 fully saturated rings. The van der Waals surface area contributed by atoms with E-state index in [0.717, 1.165) is 12.0 Å². The minimum absolute atomic E-state index is 0.265. The molecule has 0 heterocycles. The molecule has 0 radical (unpaired) electrons. The summed E-state index contributed by atoms with van der Waals surface area (Å²) in [6.07, 6.45) is 3.40. The first-order chi connectivity index (χ1) is 11.8. The van der Waals surface area contributed by atoms with Gasteiger partial charge in [0.05, 0.1) is 7.11 Å². The number of ether oxygens (including phenoxy) is 1. The fourth-order valence-electron chi connectivity index (χ4n) is 2.79. The highest BCUT2D eigenvalue weighted by atomic mass is 16.5. The van der Waals surface area contributed by atoms with Crippen LogP contribution >= 0.6 is 0 Å². The lowest BCUT2D eigenvalue weighted by molar-refractivity contribution is -0.136. The molecule has 120 valence electrons. The first kappa shape index (κ1) is 16.0. The second-order valence-corrected chi connectivity index (χ2v) is 5.75. The van der Waals surface area contributed by atoms with Crippen LogP contribution in [-0.2, 0) is 16.0 Å². The zero-order valence-electron chi connectivity index (χ0n) is 13.7. The number of aryl methyl sites for hydroxylation is 1. The fourth-order valence-corrected chi connectivity index (χ4v) is 2.79. The van der Waals surface area contributed by atoms with Crippen LogP contribution in [0.1, 0.15) is 17.5 Å². The van der Waals surface area contributed by atoms with E-state index in [4.69, 9.17) is 4.74 Å². The van der Waals surface area contributed by atoms with Crippen LogP contribution in [0.2, 0.25) is 0 Å². The molecule has 0 spiro atoms. The van der Waals surface area contributed by atoms with Crippen LogP contribution in [-0.4, -0.2) is 13.1 Å². The Hall–Kier alpha value is -2.87. The van der Waals surface area contributed by atoms with E-state index in [1.165, 1.54) is 23.4 Å². The van der Waals surface area contributed by atoms with Crippen LogP contribution < -0.4 is 0 Å². The van der Waals surface area contributed by atoms with Gasteiger partial charge in [0.25, 0.3) is 0 Å². The van der Waals surface area contributed by atoms with Crippen LogP contribution in [0.5, 0.6) is 0 Å². The van der Waals surface area contributed by atoms with Crippen molar-refractivity contribution in [2.24, 2.45) is 0 Å². The zero-order valence-corrected chi connectivity index (χ0v) is 13.7. The van der Waals surface area contributed by atoms with E-state index >= 15 is 0 Å². The van der Waals surface area contributed by atoms with Crippen molar-refractivity contribution in [1.82, 2.24) is 0 Å². The van der Waals surface area contributed by atoms with Crippen molar-refractivity contribution in [3.63, 3.8) is 0 Å². The van der Waals surface area contributed by atoms with Gasteiger partial charge in [-0.25, -0.2) is 4.79 Å². The summed E-state index contributed by atoms with van der Waals surface area (Å²) in [7, 11) is 1.43. The summed E-state index contributed by atoms with van der Waals surface area (Å²) < 4.78 is 4.95. The van der Waals surface area contributed by atoms with Crippen LogP contribution in [0.3, 0.4) is 0 Å². The van der Waals surface area contributed by atoms with E-state index in [1.807, 2.05) is 42.5 Å². The molecule has 24 heavy (non-hydrogen) atoms. The number of hydrogen-bond acceptors (Lipinski definition) is 2. The van der Waals surface area contributed by atoms with Gasteiger partial charge in [-0.05, 0) is 46.9 Å². The van der Waals surface area contributed by atoms with E-state index in [2.05, 4.69) is 36.4 Å². The second kappa shape index (κ2) is 7.60. The molecule has 0 aromatic heterocycles. The van der Waals surface area contributed by atoms with Crippen LogP contribution in [0.4, 0.5) is 0 Å². The summed E-state index contributed by atoms with van der Waals surface area (Å²) >= 11 is 0. The first-order valence-corrected chi connectivity index (χ1v) is 8.08. The summed E-state index contributed by atoms with van der Waals surface area (Å²) in [5.41, 5.74) is 2.92. The maximum absolute atomic E-state index is 12.1. The summed E-state index contributed by atoms with van der Waals surface area (Å²) in [6.45, 7) is 0. The van der Waals surface area contributed by atoms with E-state index < -0.39 is 0 Å². The monoisotopic (exact) mass is 316 g/mol. The topological polar surface area (TPSA) is 26.3 Å². The van der Waals surface area contributed by atoms with E-state index in [-0.39, 0.29) is 5.97 Å². The second-order valence-electron chi connectivity index (χ2n) is 5.75. The van der Waals surface area contributed by atoms with Gasteiger partial charge in [0.15, 0.2) is 0 Å². The van der Waals surface area contributed by atoms with Crippen molar-refractivity contribution in [3.05, 3.63) is 89.5 Å². The Kier molecular flexibility index (Phi) is 5.07. The molecule has 0 saturated heterocycles. The van der Waals surface area contributed by atoms with Gasteiger partial charge in [0.2, 0.25) is 0 Å². The summed E-state index contributed by atoms with van der Waals surface area (Å²) in [6, 6.07) is 24.6. The predicted octanol–water partition coefficient (Wildman–Crippen LogP) is 5.03. The number of methoxy groups -OCH3 is 1. The molecular weight excluding hydrogens is 296 g/mol. The van der Waals surface area contributed by atoms with Crippen molar-refractivity contribution in [3.8, 4) is 0 Å². The molecule has 3 rings (SSSR count). The third-order valence-electron chi connectivity index (χ3n) is 4.09. The van der Waals surface area contributed by atoms with Crippen molar-refractivity contribution < 1.29 is 9.53 Å². The van der Waals surface area contributed by atoms with E-state index in [9.17, 15) is 4.79 Å². The summed E-state index contributed by atoms with van der Waals surface area (Å²) in [5.74, 6) is -0.265. The van der Waals surface area contributed by atoms with E-state index in [1.54, 1.807) is 0 Å². The Labute approximate surface area is 142 Å². The maximum atomic E-state index is 12.1. The Morgan fingerprint density at radius 3 is 2.38 bits per heavy atom. The van der Waals surface area contributed by atoms with E-state index in [0.29, 0.717) is 12.0 Å². The number of esters is 1. The number of fused-ring (bicyclic) bond motifs is 1. The molecule has 0 aliphatic carbocycles. The third-order valence-corrected chi connectivity index (χ3v) is 4.09. The molecule has 0 amide bonds. The van der Waals surface area contributed by atoms with Gasteiger partial charge >= 0.3 is 5.97 Å². The highest BCUT2D eigenvalue weighted by Gasteiger charge is 2.10. The largest absolute Gasteiger partial charge is 0.466 e. The van der Waals surface area contributed by atoms with Gasteiger partial charge in [-0.2, -0.15) is 0 Å². The number of carbonyl (C=O) groups is 1. The lowest BCUT2D eigenvalue weighted by Crippen LogP contribution is -2.06.